The number of allylic oxidation sites excluding steroid dienone is 4. The minimum atomic E-state index is -1.03. The second-order valence-corrected chi connectivity index (χ2v) is 13.6. The number of aliphatic hydroxyl groups is 1. The molecule has 0 aliphatic carbocycles. The van der Waals surface area contributed by atoms with Gasteiger partial charge in [-0.15, -0.1) is 0 Å². The molecule has 0 aromatic carbocycles. The molecule has 0 aliphatic heterocycles. The van der Waals surface area contributed by atoms with Crippen LogP contribution in [0.4, 0.5) is 4.79 Å². The van der Waals surface area contributed by atoms with Crippen molar-refractivity contribution in [2.45, 2.75) is 169 Å². The lowest BCUT2D eigenvalue weighted by Gasteiger charge is -2.19. The van der Waals surface area contributed by atoms with Crippen molar-refractivity contribution in [2.75, 3.05) is 52.7 Å². The molecule has 10 nitrogen and oxygen atoms in total. The number of aliphatic hydroxyl groups excluding tert-OH is 1. The van der Waals surface area contributed by atoms with Gasteiger partial charge in [0.1, 0.15) is 19.8 Å². The van der Waals surface area contributed by atoms with E-state index >= 15 is 0 Å². The molecule has 0 spiro atoms. The summed E-state index contributed by atoms with van der Waals surface area (Å²) in [6.45, 7) is 11.7. The first kappa shape index (κ1) is 49.6. The van der Waals surface area contributed by atoms with Crippen molar-refractivity contribution in [3.8, 4) is 0 Å². The molecule has 1 N–H and O–H groups in total. The van der Waals surface area contributed by atoms with Crippen molar-refractivity contribution in [2.24, 2.45) is 5.92 Å². The van der Waals surface area contributed by atoms with Crippen molar-refractivity contribution < 1.29 is 43.2 Å². The Kier molecular flexibility index (Phi) is 36.5. The number of hydrogen-bond acceptors (Lipinski definition) is 10. The van der Waals surface area contributed by atoms with Gasteiger partial charge in [-0.25, -0.2) is 4.79 Å². The van der Waals surface area contributed by atoms with Crippen LogP contribution in [0.3, 0.4) is 0 Å². The van der Waals surface area contributed by atoms with Crippen LogP contribution in [0, 0.1) is 5.92 Å². The molecule has 0 aromatic rings. The highest BCUT2D eigenvalue weighted by atomic mass is 16.7. The molecule has 0 aliphatic rings. The van der Waals surface area contributed by atoms with Crippen LogP contribution in [0.25, 0.3) is 0 Å². The lowest BCUT2D eigenvalue weighted by Crippen LogP contribution is -2.27. The summed E-state index contributed by atoms with van der Waals surface area (Å²) < 4.78 is 26.8. The highest BCUT2D eigenvalue weighted by Gasteiger charge is 2.19. The zero-order valence-electron chi connectivity index (χ0n) is 33.6. The van der Waals surface area contributed by atoms with Crippen molar-refractivity contribution in [3.63, 3.8) is 0 Å². The molecule has 2 atom stereocenters. The van der Waals surface area contributed by atoms with Crippen LogP contribution >= 0.6 is 0 Å². The van der Waals surface area contributed by atoms with Gasteiger partial charge in [0.15, 0.2) is 6.29 Å². The van der Waals surface area contributed by atoms with E-state index in [1.165, 1.54) is 44.9 Å². The Morgan fingerprint density at radius 3 is 1.77 bits per heavy atom. The summed E-state index contributed by atoms with van der Waals surface area (Å²) in [7, 11) is 0. The number of rotatable bonds is 37. The van der Waals surface area contributed by atoms with E-state index in [1.807, 2.05) is 0 Å². The van der Waals surface area contributed by atoms with Crippen molar-refractivity contribution in [3.05, 3.63) is 24.3 Å². The Morgan fingerprint density at radius 1 is 0.577 bits per heavy atom. The minimum absolute atomic E-state index is 0.0214. The number of nitrogens with zero attached hydrogens (tertiary/aromatic N) is 1. The van der Waals surface area contributed by atoms with E-state index in [4.69, 9.17) is 23.7 Å². The van der Waals surface area contributed by atoms with Gasteiger partial charge in [-0.3, -0.25) is 9.59 Å². The van der Waals surface area contributed by atoms with E-state index in [1.54, 1.807) is 0 Å². The minimum Gasteiger partial charge on any atom is -0.465 e. The van der Waals surface area contributed by atoms with E-state index < -0.39 is 24.3 Å². The third-order valence-electron chi connectivity index (χ3n) is 8.87. The maximum Gasteiger partial charge on any atom is 0.508 e. The normalized spacial score (nSPS) is 12.8. The monoisotopic (exact) mass is 740 g/mol. The summed E-state index contributed by atoms with van der Waals surface area (Å²) in [6, 6.07) is 0. The largest absolute Gasteiger partial charge is 0.508 e. The average Bonchev–Trinajstić information content (AvgIpc) is 3.14. The summed E-state index contributed by atoms with van der Waals surface area (Å²) in [5.41, 5.74) is 0. The number of ether oxygens (including phenoxy) is 5. The van der Waals surface area contributed by atoms with Gasteiger partial charge in [0.25, 0.3) is 0 Å². The van der Waals surface area contributed by atoms with Crippen LogP contribution in [0.5, 0.6) is 0 Å². The fourth-order valence-corrected chi connectivity index (χ4v) is 5.43. The second-order valence-electron chi connectivity index (χ2n) is 13.6. The highest BCUT2D eigenvalue weighted by Crippen LogP contribution is 2.11. The third kappa shape index (κ3) is 34.6. The van der Waals surface area contributed by atoms with Crippen LogP contribution in [-0.2, 0) is 33.3 Å². The molecule has 0 rings (SSSR count). The molecule has 2 unspecified atom stereocenters. The molecule has 0 radical (unpaired) electrons. The maximum absolute atomic E-state index is 12.5. The first-order chi connectivity index (χ1) is 25.4. The molecule has 0 fully saturated rings. The van der Waals surface area contributed by atoms with Gasteiger partial charge in [-0.1, -0.05) is 116 Å². The number of esters is 2. The SMILES string of the molecule is CCCCC/C=C\C/C=C\CCCCCCCC(=O)OCC(COC(=O)CCC(O)OCCCCCCCC)COC(=O)OCCCN(CC)CC. The predicted octanol–water partition coefficient (Wildman–Crippen LogP) is 9.86. The number of hydrogen-bond donors (Lipinski definition) is 1. The molecule has 52 heavy (non-hydrogen) atoms. The quantitative estimate of drug-likeness (QED) is 0.0217. The molecule has 304 valence electrons. The molecule has 0 amide bonds. The summed E-state index contributed by atoms with van der Waals surface area (Å²) in [6.07, 6.45) is 27.2. The van der Waals surface area contributed by atoms with Crippen molar-refractivity contribution >= 4 is 18.1 Å². The van der Waals surface area contributed by atoms with Gasteiger partial charge in [0, 0.05) is 26.0 Å². The van der Waals surface area contributed by atoms with Crippen LogP contribution in [0.15, 0.2) is 24.3 Å². The van der Waals surface area contributed by atoms with Gasteiger partial charge in [0.2, 0.25) is 0 Å². The van der Waals surface area contributed by atoms with Gasteiger partial charge >= 0.3 is 18.1 Å². The Labute approximate surface area is 317 Å². The van der Waals surface area contributed by atoms with Crippen LogP contribution in [0.2, 0.25) is 0 Å². The summed E-state index contributed by atoms with van der Waals surface area (Å²) in [5.74, 6) is -1.39. The standard InChI is InChI=1S/C42H77NO9/c1-5-9-11-13-15-16-17-18-19-20-21-22-23-24-26-29-39(44)50-35-38(37-52-42(47)49-34-28-32-43(7-3)8-4)36-51-41(46)31-30-40(45)48-33-27-25-14-12-10-6-2/h15-16,18-19,38,40,45H,5-14,17,20-37H2,1-4H3/b16-15-,19-18-. The Balaban J connectivity index is 4.44. The molecule has 0 bridgehead atoms. The van der Waals surface area contributed by atoms with E-state index in [-0.39, 0.29) is 45.2 Å². The number of carbonyl (C=O) groups excluding carboxylic acids is 3. The average molecular weight is 740 g/mol. The number of unbranched alkanes of at least 4 members (excludes halogenated alkanes) is 13. The van der Waals surface area contributed by atoms with Gasteiger partial charge in [0.05, 0.1) is 18.9 Å². The van der Waals surface area contributed by atoms with Gasteiger partial charge in [-0.05, 0) is 64.5 Å². The second kappa shape index (κ2) is 38.3. The Bertz CT molecular complexity index is 891. The molecule has 0 saturated heterocycles. The molecular weight excluding hydrogens is 662 g/mol. The summed E-state index contributed by atoms with van der Waals surface area (Å²) in [4.78, 5) is 39.3. The molecule has 0 aromatic heterocycles. The lowest BCUT2D eigenvalue weighted by atomic mass is 10.1. The fraction of sp³-hybridized carbons (Fsp3) is 0.833. The van der Waals surface area contributed by atoms with Crippen LogP contribution in [-0.4, -0.2) is 87.1 Å². The maximum atomic E-state index is 12.5. The highest BCUT2D eigenvalue weighted by molar-refractivity contribution is 5.69. The van der Waals surface area contributed by atoms with Crippen molar-refractivity contribution in [1.29, 1.82) is 0 Å². The van der Waals surface area contributed by atoms with Gasteiger partial charge < -0.3 is 33.7 Å². The third-order valence-corrected chi connectivity index (χ3v) is 8.87. The van der Waals surface area contributed by atoms with E-state index in [0.717, 1.165) is 83.8 Å². The topological polar surface area (TPSA) is 121 Å². The van der Waals surface area contributed by atoms with E-state index in [9.17, 15) is 19.5 Å². The van der Waals surface area contributed by atoms with Crippen LogP contribution in [0.1, 0.15) is 163 Å². The lowest BCUT2D eigenvalue weighted by molar-refractivity contribution is -0.153. The van der Waals surface area contributed by atoms with Gasteiger partial charge in [-0.2, -0.15) is 0 Å². The fourth-order valence-electron chi connectivity index (χ4n) is 5.43. The zero-order valence-corrected chi connectivity index (χ0v) is 33.6. The van der Waals surface area contributed by atoms with Crippen LogP contribution < -0.4 is 0 Å². The molecular formula is C42H77NO9. The van der Waals surface area contributed by atoms with E-state index in [2.05, 4.69) is 56.9 Å². The smallest absolute Gasteiger partial charge is 0.465 e. The first-order valence-electron chi connectivity index (χ1n) is 20.8. The number of carbonyl (C=O) groups is 3. The zero-order chi connectivity index (χ0) is 38.3. The Hall–Kier alpha value is -2.43. The predicted molar refractivity (Wildman–Crippen MR) is 209 cm³/mol. The first-order valence-corrected chi connectivity index (χ1v) is 20.8. The Morgan fingerprint density at radius 2 is 1.12 bits per heavy atom. The summed E-state index contributed by atoms with van der Waals surface area (Å²) in [5, 5.41) is 10.1. The molecule has 0 saturated carbocycles. The van der Waals surface area contributed by atoms with E-state index in [0.29, 0.717) is 19.4 Å². The molecule has 0 heterocycles. The van der Waals surface area contributed by atoms with Crippen molar-refractivity contribution in [1.82, 2.24) is 4.90 Å². The molecule has 10 heteroatoms. The summed E-state index contributed by atoms with van der Waals surface area (Å²) >= 11 is 0.